The molecule has 1 fully saturated rings. The number of ether oxygens (including phenoxy) is 3. The minimum absolute atomic E-state index is 0.109. The molecule has 0 amide bonds. The number of fused-ring (bicyclic) bond motifs is 1. The van der Waals surface area contributed by atoms with E-state index < -0.39 is 12.3 Å². The number of nitrogen functional groups attached to an aromatic ring is 1. The lowest BCUT2D eigenvalue weighted by molar-refractivity contribution is -0.0192. The number of aromatic nitrogens is 3. The molecule has 0 radical (unpaired) electrons. The average molecular weight is 396 g/mol. The fraction of sp³-hybridized carbons (Fsp3) is 0.529. The molecule has 0 saturated carbocycles. The minimum atomic E-state index is -1.83. The molecule has 2 atom stereocenters. The first kappa shape index (κ1) is 21.2. The molecule has 0 bridgehead atoms. The first-order chi connectivity index (χ1) is 13.3. The Bertz CT molecular complexity index is 804. The topological polar surface area (TPSA) is 158 Å². The molecule has 28 heavy (non-hydrogen) atoms. The Morgan fingerprint density at radius 3 is 2.71 bits per heavy atom. The molecule has 2 aromatic heterocycles. The second-order valence-electron chi connectivity index (χ2n) is 6.57. The van der Waals surface area contributed by atoms with Crippen molar-refractivity contribution in [3.63, 3.8) is 0 Å². The highest BCUT2D eigenvalue weighted by Crippen LogP contribution is 2.33. The van der Waals surface area contributed by atoms with Crippen LogP contribution in [0.3, 0.4) is 0 Å². The standard InChI is InChI=1S/C16H22N4O4.CH2O3/c1-10(2)7-22-16(21)23-8-11-3-6-14(24-11)12-4-5-13-15(17)18-9-19-20(12)13;2-1(3)4/h4-5,9-11,14H,3,6-8H2,1-2H3,(H2,17,18,19);(H2,2,3,4). The van der Waals surface area contributed by atoms with Crippen LogP contribution >= 0.6 is 0 Å². The lowest BCUT2D eigenvalue weighted by Crippen LogP contribution is -2.20. The molecule has 0 aromatic carbocycles. The van der Waals surface area contributed by atoms with E-state index in [4.69, 9.17) is 35.0 Å². The van der Waals surface area contributed by atoms with Crippen molar-refractivity contribution in [1.82, 2.24) is 14.6 Å². The zero-order valence-corrected chi connectivity index (χ0v) is 15.6. The molecule has 1 saturated heterocycles. The second kappa shape index (κ2) is 9.74. The minimum Gasteiger partial charge on any atom is -0.450 e. The van der Waals surface area contributed by atoms with Crippen molar-refractivity contribution in [2.24, 2.45) is 5.92 Å². The van der Waals surface area contributed by atoms with Gasteiger partial charge in [-0.25, -0.2) is 19.1 Å². The van der Waals surface area contributed by atoms with Crippen LogP contribution in [0, 0.1) is 5.92 Å². The van der Waals surface area contributed by atoms with Crippen LogP contribution in [0.1, 0.15) is 38.5 Å². The number of nitrogens with zero attached hydrogens (tertiary/aromatic N) is 3. The van der Waals surface area contributed by atoms with Crippen LogP contribution in [0.2, 0.25) is 0 Å². The third kappa shape index (κ3) is 5.98. The maximum absolute atomic E-state index is 11.5. The molecule has 1 aliphatic rings. The molecule has 11 nitrogen and oxygen atoms in total. The molecule has 154 valence electrons. The number of nitrogens with two attached hydrogens (primary N) is 1. The van der Waals surface area contributed by atoms with Gasteiger partial charge in [0.1, 0.15) is 24.6 Å². The largest absolute Gasteiger partial charge is 0.508 e. The summed E-state index contributed by atoms with van der Waals surface area (Å²) in [7, 11) is 0. The quantitative estimate of drug-likeness (QED) is 0.641. The number of carboxylic acid groups (broad SMARTS) is 2. The zero-order valence-electron chi connectivity index (χ0n) is 15.6. The number of rotatable bonds is 5. The molecule has 2 aromatic rings. The molecule has 1 aliphatic heterocycles. The highest BCUT2D eigenvalue weighted by Gasteiger charge is 2.30. The van der Waals surface area contributed by atoms with Gasteiger partial charge in [0.15, 0.2) is 5.82 Å². The van der Waals surface area contributed by atoms with E-state index in [1.807, 2.05) is 26.0 Å². The van der Waals surface area contributed by atoms with E-state index in [9.17, 15) is 4.79 Å². The predicted octanol–water partition coefficient (Wildman–Crippen LogP) is 2.56. The van der Waals surface area contributed by atoms with Crippen LogP contribution in [-0.2, 0) is 14.2 Å². The van der Waals surface area contributed by atoms with Crippen LogP contribution in [-0.4, -0.2) is 56.4 Å². The van der Waals surface area contributed by atoms with Gasteiger partial charge >= 0.3 is 12.3 Å². The highest BCUT2D eigenvalue weighted by molar-refractivity contribution is 5.65. The van der Waals surface area contributed by atoms with E-state index in [0.29, 0.717) is 12.4 Å². The highest BCUT2D eigenvalue weighted by atomic mass is 16.7. The summed E-state index contributed by atoms with van der Waals surface area (Å²) in [6.45, 7) is 4.48. The predicted molar refractivity (Wildman–Crippen MR) is 97.0 cm³/mol. The van der Waals surface area contributed by atoms with Crippen LogP contribution in [0.15, 0.2) is 18.5 Å². The third-order valence-corrected chi connectivity index (χ3v) is 3.87. The summed E-state index contributed by atoms with van der Waals surface area (Å²) in [6.07, 6.45) is 0.311. The molecule has 0 spiro atoms. The number of carbonyl (C=O) groups excluding carboxylic acids is 1. The van der Waals surface area contributed by atoms with E-state index in [-0.39, 0.29) is 24.7 Å². The molecule has 3 rings (SSSR count). The molecule has 0 aliphatic carbocycles. The number of anilines is 1. The van der Waals surface area contributed by atoms with Crippen molar-refractivity contribution in [1.29, 1.82) is 0 Å². The van der Waals surface area contributed by atoms with E-state index in [0.717, 1.165) is 24.1 Å². The Hall–Kier alpha value is -3.08. The number of carbonyl (C=O) groups is 2. The summed E-state index contributed by atoms with van der Waals surface area (Å²) >= 11 is 0. The van der Waals surface area contributed by atoms with Gasteiger partial charge in [0, 0.05) is 0 Å². The lowest BCUT2D eigenvalue weighted by atomic mass is 10.1. The summed E-state index contributed by atoms with van der Waals surface area (Å²) in [5.74, 6) is 0.712. The van der Waals surface area contributed by atoms with Gasteiger partial charge in [-0.2, -0.15) is 5.10 Å². The third-order valence-electron chi connectivity index (χ3n) is 3.87. The van der Waals surface area contributed by atoms with Crippen LogP contribution in [0.25, 0.3) is 5.52 Å². The number of hydrogen-bond donors (Lipinski definition) is 3. The van der Waals surface area contributed by atoms with Crippen molar-refractivity contribution in [3.05, 3.63) is 24.2 Å². The Balaban J connectivity index is 0.000000640. The first-order valence-electron chi connectivity index (χ1n) is 8.73. The zero-order chi connectivity index (χ0) is 20.7. The van der Waals surface area contributed by atoms with E-state index in [1.54, 1.807) is 4.52 Å². The average Bonchev–Trinajstić information content (AvgIpc) is 3.24. The summed E-state index contributed by atoms with van der Waals surface area (Å²) in [5, 5.41) is 18.2. The summed E-state index contributed by atoms with van der Waals surface area (Å²) in [4.78, 5) is 24.0. The van der Waals surface area contributed by atoms with Crippen LogP contribution in [0.4, 0.5) is 15.4 Å². The van der Waals surface area contributed by atoms with Gasteiger partial charge in [-0.3, -0.25) is 0 Å². The van der Waals surface area contributed by atoms with Crippen molar-refractivity contribution < 1.29 is 34.0 Å². The Morgan fingerprint density at radius 1 is 1.32 bits per heavy atom. The van der Waals surface area contributed by atoms with Crippen molar-refractivity contribution >= 4 is 23.6 Å². The fourth-order valence-corrected chi connectivity index (χ4v) is 2.70. The Morgan fingerprint density at radius 2 is 2.04 bits per heavy atom. The SMILES string of the molecule is CC(C)COC(=O)OCC1CCC(c2ccc3c(N)ncnn23)O1.O=C(O)O. The maximum atomic E-state index is 11.5. The van der Waals surface area contributed by atoms with Crippen molar-refractivity contribution in [2.45, 2.75) is 38.9 Å². The van der Waals surface area contributed by atoms with Crippen molar-refractivity contribution in [2.75, 3.05) is 18.9 Å². The van der Waals surface area contributed by atoms with Gasteiger partial charge < -0.3 is 30.2 Å². The summed E-state index contributed by atoms with van der Waals surface area (Å²) in [6, 6.07) is 3.81. The summed E-state index contributed by atoms with van der Waals surface area (Å²) in [5.41, 5.74) is 7.52. The second-order valence-corrected chi connectivity index (χ2v) is 6.57. The monoisotopic (exact) mass is 396 g/mol. The maximum Gasteiger partial charge on any atom is 0.508 e. The molecule has 3 heterocycles. The molecule has 11 heteroatoms. The lowest BCUT2D eigenvalue weighted by Gasteiger charge is -2.14. The van der Waals surface area contributed by atoms with Gasteiger partial charge in [-0.1, -0.05) is 13.8 Å². The van der Waals surface area contributed by atoms with Crippen LogP contribution < -0.4 is 5.73 Å². The van der Waals surface area contributed by atoms with Crippen LogP contribution in [0.5, 0.6) is 0 Å². The van der Waals surface area contributed by atoms with E-state index >= 15 is 0 Å². The smallest absolute Gasteiger partial charge is 0.450 e. The van der Waals surface area contributed by atoms with Gasteiger partial charge in [-0.05, 0) is 30.9 Å². The first-order valence-corrected chi connectivity index (χ1v) is 8.73. The molecule has 2 unspecified atom stereocenters. The van der Waals surface area contributed by atoms with Gasteiger partial charge in [0.2, 0.25) is 0 Å². The van der Waals surface area contributed by atoms with Gasteiger partial charge in [0.05, 0.1) is 18.4 Å². The van der Waals surface area contributed by atoms with E-state index in [1.165, 1.54) is 6.33 Å². The Kier molecular flexibility index (Phi) is 7.38. The molecule has 4 N–H and O–H groups in total. The normalized spacial score (nSPS) is 18.5. The summed E-state index contributed by atoms with van der Waals surface area (Å²) < 4.78 is 17.8. The number of hydrogen-bond acceptors (Lipinski definition) is 8. The van der Waals surface area contributed by atoms with E-state index in [2.05, 4.69) is 10.1 Å². The van der Waals surface area contributed by atoms with Gasteiger partial charge in [-0.15, -0.1) is 0 Å². The van der Waals surface area contributed by atoms with Gasteiger partial charge in [0.25, 0.3) is 0 Å². The van der Waals surface area contributed by atoms with Crippen molar-refractivity contribution in [3.8, 4) is 0 Å². The Labute approximate surface area is 161 Å². The molecular formula is C17H24N4O7. The molecular weight excluding hydrogens is 372 g/mol. The fourth-order valence-electron chi connectivity index (χ4n) is 2.70.